The molecule has 0 bridgehead atoms. The summed E-state index contributed by atoms with van der Waals surface area (Å²) in [5.74, 6) is 0.684. The first kappa shape index (κ1) is 15.3. The van der Waals surface area contributed by atoms with E-state index in [0.29, 0.717) is 6.54 Å². The molecule has 0 amide bonds. The van der Waals surface area contributed by atoms with Crippen LogP contribution in [0.4, 0.5) is 10.1 Å². The second kappa shape index (κ2) is 7.63. The Labute approximate surface area is 122 Å². The van der Waals surface area contributed by atoms with Gasteiger partial charge in [-0.2, -0.15) is 0 Å². The zero-order valence-electron chi connectivity index (χ0n) is 12.8. The average molecular weight is 278 g/mol. The van der Waals surface area contributed by atoms with Crippen molar-refractivity contribution in [2.75, 3.05) is 25.0 Å². The maximum atomic E-state index is 14.1. The van der Waals surface area contributed by atoms with Gasteiger partial charge < -0.3 is 10.2 Å². The lowest BCUT2D eigenvalue weighted by Crippen LogP contribution is -2.26. The van der Waals surface area contributed by atoms with Gasteiger partial charge in [-0.15, -0.1) is 0 Å². The first-order valence-corrected chi connectivity index (χ1v) is 7.91. The Balaban J connectivity index is 2.06. The van der Waals surface area contributed by atoms with Gasteiger partial charge >= 0.3 is 0 Å². The third-order valence-corrected chi connectivity index (χ3v) is 4.24. The molecule has 0 radical (unpaired) electrons. The zero-order chi connectivity index (χ0) is 14.4. The van der Waals surface area contributed by atoms with Crippen LogP contribution in [0.1, 0.15) is 44.6 Å². The largest absolute Gasteiger partial charge is 0.374 e. The minimum atomic E-state index is -0.0932. The SMILES string of the molecule is CCCNCc1c(F)cccc1N(C)CC1CCCC1. The Kier molecular flexibility index (Phi) is 5.84. The molecule has 0 saturated heterocycles. The third kappa shape index (κ3) is 3.95. The highest BCUT2D eigenvalue weighted by molar-refractivity contribution is 5.53. The van der Waals surface area contributed by atoms with Crippen LogP contribution in [0.3, 0.4) is 0 Å². The molecule has 0 heterocycles. The highest BCUT2D eigenvalue weighted by Gasteiger charge is 2.19. The molecule has 0 aromatic heterocycles. The van der Waals surface area contributed by atoms with Crippen molar-refractivity contribution in [2.45, 2.75) is 45.6 Å². The molecule has 20 heavy (non-hydrogen) atoms. The van der Waals surface area contributed by atoms with E-state index in [0.717, 1.165) is 36.7 Å². The molecule has 1 saturated carbocycles. The number of hydrogen-bond donors (Lipinski definition) is 1. The summed E-state index contributed by atoms with van der Waals surface area (Å²) in [7, 11) is 2.09. The van der Waals surface area contributed by atoms with Crippen LogP contribution < -0.4 is 10.2 Å². The summed E-state index contributed by atoms with van der Waals surface area (Å²) >= 11 is 0. The van der Waals surface area contributed by atoms with E-state index in [1.54, 1.807) is 6.07 Å². The Morgan fingerprint density at radius 2 is 2.05 bits per heavy atom. The maximum Gasteiger partial charge on any atom is 0.129 e. The zero-order valence-corrected chi connectivity index (χ0v) is 12.8. The summed E-state index contributed by atoms with van der Waals surface area (Å²) in [6, 6.07) is 5.43. The van der Waals surface area contributed by atoms with Crippen molar-refractivity contribution in [3.8, 4) is 0 Å². The molecule has 3 heteroatoms. The number of nitrogens with one attached hydrogen (secondary N) is 1. The van der Waals surface area contributed by atoms with Crippen LogP contribution in [0, 0.1) is 11.7 Å². The highest BCUT2D eigenvalue weighted by Crippen LogP contribution is 2.29. The van der Waals surface area contributed by atoms with E-state index < -0.39 is 0 Å². The molecular formula is C17H27FN2. The van der Waals surface area contributed by atoms with Gasteiger partial charge in [-0.1, -0.05) is 25.8 Å². The lowest BCUT2D eigenvalue weighted by molar-refractivity contribution is 0.541. The van der Waals surface area contributed by atoms with Crippen LogP contribution in [-0.2, 0) is 6.54 Å². The van der Waals surface area contributed by atoms with Crippen LogP contribution in [-0.4, -0.2) is 20.1 Å². The second-order valence-electron chi connectivity index (χ2n) is 5.95. The third-order valence-electron chi connectivity index (χ3n) is 4.24. The summed E-state index contributed by atoms with van der Waals surface area (Å²) in [6.45, 7) is 4.72. The van der Waals surface area contributed by atoms with Crippen molar-refractivity contribution in [3.63, 3.8) is 0 Å². The quantitative estimate of drug-likeness (QED) is 0.760. The number of anilines is 1. The summed E-state index contributed by atoms with van der Waals surface area (Å²) in [5.41, 5.74) is 1.85. The molecule has 0 atom stereocenters. The smallest absolute Gasteiger partial charge is 0.129 e. The predicted octanol–water partition coefficient (Wildman–Crippen LogP) is 3.95. The molecule has 1 N–H and O–H groups in total. The van der Waals surface area contributed by atoms with Gasteiger partial charge in [-0.3, -0.25) is 0 Å². The highest BCUT2D eigenvalue weighted by atomic mass is 19.1. The number of hydrogen-bond acceptors (Lipinski definition) is 2. The fourth-order valence-corrected chi connectivity index (χ4v) is 3.15. The van der Waals surface area contributed by atoms with Crippen molar-refractivity contribution in [1.29, 1.82) is 0 Å². The van der Waals surface area contributed by atoms with Gasteiger partial charge in [0.2, 0.25) is 0 Å². The van der Waals surface area contributed by atoms with E-state index in [9.17, 15) is 4.39 Å². The Hall–Kier alpha value is -1.09. The standard InChI is InChI=1S/C17H27FN2/c1-3-11-19-12-15-16(18)9-6-10-17(15)20(2)13-14-7-4-5-8-14/h6,9-10,14,19H,3-5,7-8,11-13H2,1-2H3. The van der Waals surface area contributed by atoms with Crippen LogP contribution in [0.2, 0.25) is 0 Å². The predicted molar refractivity (Wildman–Crippen MR) is 83.6 cm³/mol. The summed E-state index contributed by atoms with van der Waals surface area (Å²) in [4.78, 5) is 2.24. The first-order chi connectivity index (χ1) is 9.72. The maximum absolute atomic E-state index is 14.1. The van der Waals surface area contributed by atoms with E-state index in [-0.39, 0.29) is 5.82 Å². The van der Waals surface area contributed by atoms with E-state index in [1.807, 2.05) is 12.1 Å². The fraction of sp³-hybridized carbons (Fsp3) is 0.647. The Morgan fingerprint density at radius 3 is 2.75 bits per heavy atom. The molecular weight excluding hydrogens is 251 g/mol. The lowest BCUT2D eigenvalue weighted by atomic mass is 10.1. The molecule has 0 spiro atoms. The van der Waals surface area contributed by atoms with Gasteiger partial charge in [0.1, 0.15) is 5.82 Å². The molecule has 112 valence electrons. The van der Waals surface area contributed by atoms with Crippen molar-refractivity contribution < 1.29 is 4.39 Å². The van der Waals surface area contributed by atoms with Gasteiger partial charge in [0.05, 0.1) is 0 Å². The van der Waals surface area contributed by atoms with Crippen molar-refractivity contribution >= 4 is 5.69 Å². The lowest BCUT2D eigenvalue weighted by Gasteiger charge is -2.26. The monoisotopic (exact) mass is 278 g/mol. The fourth-order valence-electron chi connectivity index (χ4n) is 3.15. The average Bonchev–Trinajstić information content (AvgIpc) is 2.93. The minimum Gasteiger partial charge on any atom is -0.374 e. The molecule has 0 unspecified atom stereocenters. The van der Waals surface area contributed by atoms with Gasteiger partial charge in [0.25, 0.3) is 0 Å². The van der Waals surface area contributed by atoms with Crippen LogP contribution >= 0.6 is 0 Å². The summed E-state index contributed by atoms with van der Waals surface area (Å²) in [5, 5.41) is 3.31. The molecule has 1 fully saturated rings. The number of rotatable bonds is 7. The molecule has 2 nitrogen and oxygen atoms in total. The first-order valence-electron chi connectivity index (χ1n) is 7.91. The Morgan fingerprint density at radius 1 is 1.30 bits per heavy atom. The van der Waals surface area contributed by atoms with Gasteiger partial charge in [-0.05, 0) is 43.9 Å². The Bertz CT molecular complexity index is 413. The summed E-state index contributed by atoms with van der Waals surface area (Å²) in [6.07, 6.45) is 6.42. The molecule has 1 aliphatic rings. The van der Waals surface area contributed by atoms with Crippen LogP contribution in [0.25, 0.3) is 0 Å². The van der Waals surface area contributed by atoms with Crippen molar-refractivity contribution in [1.82, 2.24) is 5.32 Å². The molecule has 2 rings (SSSR count). The van der Waals surface area contributed by atoms with Crippen LogP contribution in [0.5, 0.6) is 0 Å². The number of nitrogens with zero attached hydrogens (tertiary/aromatic N) is 1. The van der Waals surface area contributed by atoms with E-state index in [4.69, 9.17) is 0 Å². The van der Waals surface area contributed by atoms with E-state index >= 15 is 0 Å². The molecule has 1 aliphatic carbocycles. The number of benzene rings is 1. The van der Waals surface area contributed by atoms with Crippen molar-refractivity contribution in [3.05, 3.63) is 29.6 Å². The molecule has 1 aromatic rings. The van der Waals surface area contributed by atoms with Gasteiger partial charge in [0.15, 0.2) is 0 Å². The summed E-state index contributed by atoms with van der Waals surface area (Å²) < 4.78 is 14.1. The van der Waals surface area contributed by atoms with E-state index in [1.165, 1.54) is 25.7 Å². The van der Waals surface area contributed by atoms with Gasteiger partial charge in [0, 0.05) is 31.4 Å². The van der Waals surface area contributed by atoms with Crippen LogP contribution in [0.15, 0.2) is 18.2 Å². The van der Waals surface area contributed by atoms with E-state index in [2.05, 4.69) is 24.2 Å². The number of halogens is 1. The topological polar surface area (TPSA) is 15.3 Å². The molecule has 0 aliphatic heterocycles. The normalized spacial score (nSPS) is 15.8. The molecule has 1 aromatic carbocycles. The van der Waals surface area contributed by atoms with Gasteiger partial charge in [-0.25, -0.2) is 4.39 Å². The van der Waals surface area contributed by atoms with Crippen molar-refractivity contribution in [2.24, 2.45) is 5.92 Å². The second-order valence-corrected chi connectivity index (χ2v) is 5.95. The minimum absolute atomic E-state index is 0.0932.